The molecule has 0 bridgehead atoms. The number of rotatable bonds is 6. The van der Waals surface area contributed by atoms with Crippen LogP contribution in [0.1, 0.15) is 33.6 Å². The van der Waals surface area contributed by atoms with Crippen LogP contribution in [0.4, 0.5) is 39.5 Å². The van der Waals surface area contributed by atoms with Crippen molar-refractivity contribution in [1.82, 2.24) is 29.8 Å². The van der Waals surface area contributed by atoms with Gasteiger partial charge >= 0.3 is 18.5 Å². The summed E-state index contributed by atoms with van der Waals surface area (Å²) in [5.41, 5.74) is -3.69. The van der Waals surface area contributed by atoms with Crippen molar-refractivity contribution < 1.29 is 39.5 Å². The first-order valence-corrected chi connectivity index (χ1v) is 12.5. The number of hydrogen-bond donors (Lipinski definition) is 0. The molecule has 5 aromatic rings. The molecule has 0 N–H and O–H groups in total. The molecular weight excluding hydrogens is 591 g/mol. The van der Waals surface area contributed by atoms with Gasteiger partial charge in [-0.05, 0) is 42.3 Å². The SMILES string of the molecule is Cc1nnc(-c2nnn(Cc3cc(C(F)(F)F)cc(C(F)(F)F)c3)c2-c2ccccc2)n1Cc1ccccc1C(F)(F)F. The molecule has 6 nitrogen and oxygen atoms in total. The Labute approximate surface area is 237 Å². The van der Waals surface area contributed by atoms with Crippen LogP contribution in [-0.2, 0) is 31.6 Å². The third-order valence-electron chi connectivity index (χ3n) is 6.56. The maximum atomic E-state index is 13.7. The summed E-state index contributed by atoms with van der Waals surface area (Å²) in [5, 5.41) is 16.2. The molecule has 0 spiro atoms. The quantitative estimate of drug-likeness (QED) is 0.185. The number of hydrogen-bond acceptors (Lipinski definition) is 4. The molecule has 43 heavy (non-hydrogen) atoms. The molecule has 0 aliphatic carbocycles. The van der Waals surface area contributed by atoms with Gasteiger partial charge in [-0.1, -0.05) is 53.7 Å². The minimum atomic E-state index is -5.05. The second-order valence-corrected chi connectivity index (χ2v) is 9.54. The minimum Gasteiger partial charge on any atom is -0.305 e. The fourth-order valence-electron chi connectivity index (χ4n) is 4.59. The molecule has 0 aliphatic heterocycles. The number of alkyl halides is 9. The van der Waals surface area contributed by atoms with E-state index in [0.29, 0.717) is 17.7 Å². The van der Waals surface area contributed by atoms with Gasteiger partial charge in [0, 0.05) is 5.56 Å². The number of nitrogens with zero attached hydrogens (tertiary/aromatic N) is 6. The largest absolute Gasteiger partial charge is 0.416 e. The van der Waals surface area contributed by atoms with Crippen LogP contribution in [0.25, 0.3) is 22.8 Å². The molecule has 0 aliphatic rings. The van der Waals surface area contributed by atoms with Gasteiger partial charge in [-0.3, -0.25) is 0 Å². The van der Waals surface area contributed by atoms with Crippen molar-refractivity contribution in [2.24, 2.45) is 0 Å². The number of halogens is 9. The molecule has 15 heteroatoms. The monoisotopic (exact) mass is 610 g/mol. The molecule has 0 radical (unpaired) electrons. The van der Waals surface area contributed by atoms with Crippen molar-refractivity contribution >= 4 is 0 Å². The number of aromatic nitrogens is 6. The van der Waals surface area contributed by atoms with Crippen LogP contribution in [0.3, 0.4) is 0 Å². The van der Waals surface area contributed by atoms with Crippen LogP contribution < -0.4 is 0 Å². The molecule has 2 heterocycles. The van der Waals surface area contributed by atoms with Gasteiger partial charge in [0.15, 0.2) is 11.5 Å². The Morgan fingerprint density at radius 1 is 0.651 bits per heavy atom. The van der Waals surface area contributed by atoms with E-state index >= 15 is 0 Å². The Morgan fingerprint density at radius 2 is 1.26 bits per heavy atom. The molecule has 224 valence electrons. The maximum Gasteiger partial charge on any atom is 0.416 e. The summed E-state index contributed by atoms with van der Waals surface area (Å²) >= 11 is 0. The van der Waals surface area contributed by atoms with E-state index in [1.807, 2.05) is 0 Å². The molecule has 0 fully saturated rings. The summed E-state index contributed by atoms with van der Waals surface area (Å²) in [6, 6.07) is 14.3. The average molecular weight is 610 g/mol. The molecule has 0 amide bonds. The van der Waals surface area contributed by atoms with E-state index in [4.69, 9.17) is 0 Å². The summed E-state index contributed by atoms with van der Waals surface area (Å²) in [6.45, 7) is 0.655. The van der Waals surface area contributed by atoms with E-state index in [0.717, 1.165) is 10.7 Å². The van der Waals surface area contributed by atoms with E-state index < -0.39 is 41.8 Å². The Kier molecular flexibility index (Phi) is 7.52. The first kappa shape index (κ1) is 29.8. The molecule has 0 unspecified atom stereocenters. The lowest BCUT2D eigenvalue weighted by atomic mass is 10.0. The lowest BCUT2D eigenvalue weighted by Crippen LogP contribution is -2.14. The Hall–Kier alpha value is -4.69. The fourth-order valence-corrected chi connectivity index (χ4v) is 4.59. The summed E-state index contributed by atoms with van der Waals surface area (Å²) in [4.78, 5) is 0. The Bertz CT molecular complexity index is 1720. The Morgan fingerprint density at radius 3 is 1.86 bits per heavy atom. The lowest BCUT2D eigenvalue weighted by molar-refractivity contribution is -0.143. The highest BCUT2D eigenvalue weighted by atomic mass is 19.4. The van der Waals surface area contributed by atoms with E-state index in [-0.39, 0.29) is 46.8 Å². The van der Waals surface area contributed by atoms with Crippen LogP contribution in [0.5, 0.6) is 0 Å². The lowest BCUT2D eigenvalue weighted by Gasteiger charge is -2.16. The highest BCUT2D eigenvalue weighted by Crippen LogP contribution is 2.38. The van der Waals surface area contributed by atoms with E-state index in [9.17, 15) is 39.5 Å². The zero-order valence-corrected chi connectivity index (χ0v) is 21.9. The molecule has 0 saturated carbocycles. The molecule has 5 rings (SSSR count). The van der Waals surface area contributed by atoms with Crippen LogP contribution in [0, 0.1) is 6.92 Å². The predicted molar refractivity (Wildman–Crippen MR) is 135 cm³/mol. The highest BCUT2D eigenvalue weighted by molar-refractivity contribution is 5.75. The van der Waals surface area contributed by atoms with Crippen LogP contribution in [-0.4, -0.2) is 29.8 Å². The minimum absolute atomic E-state index is 0.000367. The van der Waals surface area contributed by atoms with Gasteiger partial charge in [0.25, 0.3) is 0 Å². The third-order valence-corrected chi connectivity index (χ3v) is 6.56. The van der Waals surface area contributed by atoms with Gasteiger partial charge in [0.1, 0.15) is 11.5 Å². The van der Waals surface area contributed by atoms with Crippen LogP contribution in [0.15, 0.2) is 72.8 Å². The topological polar surface area (TPSA) is 61.4 Å². The average Bonchev–Trinajstić information content (AvgIpc) is 3.50. The summed E-state index contributed by atoms with van der Waals surface area (Å²) in [7, 11) is 0. The van der Waals surface area contributed by atoms with E-state index in [1.165, 1.54) is 29.7 Å². The van der Waals surface area contributed by atoms with Gasteiger partial charge in [-0.15, -0.1) is 15.3 Å². The highest BCUT2D eigenvalue weighted by Gasteiger charge is 2.37. The van der Waals surface area contributed by atoms with Gasteiger partial charge in [-0.25, -0.2) is 4.68 Å². The van der Waals surface area contributed by atoms with E-state index in [1.54, 1.807) is 30.3 Å². The summed E-state index contributed by atoms with van der Waals surface area (Å²) in [5.74, 6) is 0.229. The second-order valence-electron chi connectivity index (χ2n) is 9.54. The Balaban J connectivity index is 1.64. The van der Waals surface area contributed by atoms with E-state index in [2.05, 4.69) is 20.5 Å². The zero-order valence-electron chi connectivity index (χ0n) is 21.9. The molecule has 2 aromatic heterocycles. The standard InChI is InChI=1S/C28H19F9N6/c1-16-38-40-25(42(16)15-19-9-5-6-10-22(19)28(35,36)37)23-24(18-7-3-2-4-8-18)43(41-39-23)14-17-11-20(26(29,30)31)13-21(12-17)27(32,33)34/h2-13H,14-15H2,1H3. The first-order valence-electron chi connectivity index (χ1n) is 12.5. The normalized spacial score (nSPS) is 12.6. The van der Waals surface area contributed by atoms with Crippen LogP contribution >= 0.6 is 0 Å². The van der Waals surface area contributed by atoms with Crippen molar-refractivity contribution in [2.75, 3.05) is 0 Å². The van der Waals surface area contributed by atoms with Crippen molar-refractivity contribution in [1.29, 1.82) is 0 Å². The molecule has 3 aromatic carbocycles. The van der Waals surface area contributed by atoms with Crippen molar-refractivity contribution in [3.8, 4) is 22.8 Å². The smallest absolute Gasteiger partial charge is 0.305 e. The van der Waals surface area contributed by atoms with Gasteiger partial charge in [0.05, 0.1) is 29.8 Å². The summed E-state index contributed by atoms with van der Waals surface area (Å²) in [6.07, 6.45) is -14.7. The molecule has 0 atom stereocenters. The third kappa shape index (κ3) is 6.24. The van der Waals surface area contributed by atoms with Crippen LogP contribution in [0.2, 0.25) is 0 Å². The number of benzene rings is 3. The number of aryl methyl sites for hydroxylation is 1. The first-order chi connectivity index (χ1) is 20.1. The summed E-state index contributed by atoms with van der Waals surface area (Å²) < 4.78 is 124. The van der Waals surface area contributed by atoms with Crippen molar-refractivity contribution in [2.45, 2.75) is 38.5 Å². The van der Waals surface area contributed by atoms with Gasteiger partial charge in [0.2, 0.25) is 0 Å². The predicted octanol–water partition coefficient (Wildman–Crippen LogP) is 7.67. The fraction of sp³-hybridized carbons (Fsp3) is 0.214. The second kappa shape index (κ2) is 10.9. The van der Waals surface area contributed by atoms with Gasteiger partial charge < -0.3 is 4.57 Å². The van der Waals surface area contributed by atoms with Gasteiger partial charge in [-0.2, -0.15) is 39.5 Å². The molecular formula is C28H19F9N6. The maximum absolute atomic E-state index is 13.7. The zero-order chi connectivity index (χ0) is 31.2. The van der Waals surface area contributed by atoms with Crippen molar-refractivity contribution in [3.05, 3.63) is 106 Å². The molecule has 0 saturated heterocycles. The van der Waals surface area contributed by atoms with Crippen molar-refractivity contribution in [3.63, 3.8) is 0 Å².